The Labute approximate surface area is 229 Å². The van der Waals surface area contributed by atoms with Crippen LogP contribution >= 0.6 is 0 Å². The smallest absolute Gasteiger partial charge is 0.366 e. The van der Waals surface area contributed by atoms with Crippen LogP contribution < -0.4 is 4.90 Å². The average Bonchev–Trinajstić information content (AvgIpc) is 3.38. The van der Waals surface area contributed by atoms with Gasteiger partial charge in [0, 0.05) is 39.5 Å². The SMILES string of the molecule is COC(F)(F)[C@]12Cc3cnn(-c4ccc(F)cc4)c3C=C1CCN(S(=O)(=O)c1ccc(N3CCOCC3)nc1)C2. The number of methoxy groups -OCH3 is 1. The van der Waals surface area contributed by atoms with Crippen molar-refractivity contribution in [3.63, 3.8) is 0 Å². The largest absolute Gasteiger partial charge is 0.378 e. The number of ether oxygens (including phenoxy) is 2. The molecular formula is C27H28F3N5O4S. The fourth-order valence-corrected chi connectivity index (χ4v) is 7.19. The number of sulfonamides is 1. The number of morpholine rings is 1. The third-order valence-electron chi connectivity index (χ3n) is 7.96. The van der Waals surface area contributed by atoms with Gasteiger partial charge in [0.25, 0.3) is 0 Å². The molecule has 0 saturated carbocycles. The second kappa shape index (κ2) is 9.98. The average molecular weight is 576 g/mol. The summed E-state index contributed by atoms with van der Waals surface area (Å²) in [6.07, 6.45) is 0.632. The summed E-state index contributed by atoms with van der Waals surface area (Å²) in [6, 6.07) is 8.80. The molecule has 2 aliphatic heterocycles. The van der Waals surface area contributed by atoms with Gasteiger partial charge in [-0.15, -0.1) is 0 Å². The minimum Gasteiger partial charge on any atom is -0.378 e. The van der Waals surface area contributed by atoms with Crippen molar-refractivity contribution in [1.82, 2.24) is 19.1 Å². The van der Waals surface area contributed by atoms with Crippen LogP contribution in [0.25, 0.3) is 11.8 Å². The first-order valence-corrected chi connectivity index (χ1v) is 14.3. The van der Waals surface area contributed by atoms with Gasteiger partial charge in [-0.2, -0.15) is 18.2 Å². The zero-order valence-corrected chi connectivity index (χ0v) is 22.6. The van der Waals surface area contributed by atoms with Crippen LogP contribution in [0.1, 0.15) is 17.7 Å². The molecule has 1 aromatic carbocycles. The molecule has 0 bridgehead atoms. The number of halogens is 3. The second-order valence-corrected chi connectivity index (χ2v) is 12.1. The van der Waals surface area contributed by atoms with Gasteiger partial charge in [-0.3, -0.25) is 0 Å². The van der Waals surface area contributed by atoms with Gasteiger partial charge in [0.15, 0.2) is 0 Å². The highest BCUT2D eigenvalue weighted by Crippen LogP contribution is 2.53. The van der Waals surface area contributed by atoms with E-state index in [1.807, 2.05) is 4.90 Å². The Kier molecular flexibility index (Phi) is 6.72. The van der Waals surface area contributed by atoms with Crippen molar-refractivity contribution in [1.29, 1.82) is 0 Å². The number of aromatic nitrogens is 3. The summed E-state index contributed by atoms with van der Waals surface area (Å²) in [5, 5.41) is 4.37. The van der Waals surface area contributed by atoms with Crippen LogP contribution in [0.2, 0.25) is 0 Å². The number of anilines is 1. The number of piperidine rings is 1. The van der Waals surface area contributed by atoms with Gasteiger partial charge in [-0.25, -0.2) is 22.5 Å². The van der Waals surface area contributed by atoms with Gasteiger partial charge in [0.05, 0.1) is 30.8 Å². The molecule has 3 aromatic rings. The predicted octanol–water partition coefficient (Wildman–Crippen LogP) is 3.50. The summed E-state index contributed by atoms with van der Waals surface area (Å²) in [5.41, 5.74) is 0.142. The van der Waals surface area contributed by atoms with Crippen molar-refractivity contribution in [3.05, 3.63) is 71.4 Å². The lowest BCUT2D eigenvalue weighted by atomic mass is 9.67. The number of benzene rings is 1. The number of hydrogen-bond acceptors (Lipinski definition) is 7. The summed E-state index contributed by atoms with van der Waals surface area (Å²) in [7, 11) is -3.21. The van der Waals surface area contributed by atoms with Crippen molar-refractivity contribution < 1.29 is 31.1 Å². The molecule has 40 heavy (non-hydrogen) atoms. The number of nitrogens with zero attached hydrogens (tertiary/aromatic N) is 5. The maximum atomic E-state index is 15.7. The molecule has 9 nitrogen and oxygen atoms in total. The van der Waals surface area contributed by atoms with Crippen LogP contribution in [0, 0.1) is 11.2 Å². The molecule has 1 atom stereocenters. The second-order valence-electron chi connectivity index (χ2n) is 10.1. The first kappa shape index (κ1) is 26.9. The quantitative estimate of drug-likeness (QED) is 0.445. The molecule has 2 aromatic heterocycles. The molecule has 2 fully saturated rings. The maximum absolute atomic E-state index is 15.7. The van der Waals surface area contributed by atoms with Crippen molar-refractivity contribution in [2.45, 2.75) is 23.8 Å². The Morgan fingerprint density at radius 2 is 1.80 bits per heavy atom. The number of rotatable bonds is 6. The van der Waals surface area contributed by atoms with Crippen molar-refractivity contribution in [2.75, 3.05) is 51.4 Å². The van der Waals surface area contributed by atoms with Crippen LogP contribution in [-0.2, 0) is 25.9 Å². The molecule has 0 amide bonds. The van der Waals surface area contributed by atoms with E-state index in [1.54, 1.807) is 29.0 Å². The lowest BCUT2D eigenvalue weighted by molar-refractivity contribution is -0.288. The van der Waals surface area contributed by atoms with E-state index in [0.717, 1.165) is 11.4 Å². The van der Waals surface area contributed by atoms with E-state index >= 15 is 8.78 Å². The third-order valence-corrected chi connectivity index (χ3v) is 9.79. The van der Waals surface area contributed by atoms with Gasteiger partial charge in [0.1, 0.15) is 21.9 Å². The normalized spacial score (nSPS) is 22.0. The third kappa shape index (κ3) is 4.41. The van der Waals surface area contributed by atoms with Crippen LogP contribution in [0.15, 0.2) is 59.3 Å². The molecule has 0 unspecified atom stereocenters. The Hall–Kier alpha value is -3.26. The first-order valence-electron chi connectivity index (χ1n) is 12.9. The van der Waals surface area contributed by atoms with E-state index < -0.39 is 33.9 Å². The summed E-state index contributed by atoms with van der Waals surface area (Å²) >= 11 is 0. The maximum Gasteiger partial charge on any atom is 0.366 e. The first-order chi connectivity index (χ1) is 19.1. The molecule has 1 aliphatic carbocycles. The molecule has 13 heteroatoms. The zero-order chi connectivity index (χ0) is 28.1. The Balaban J connectivity index is 1.33. The number of hydrogen-bond donors (Lipinski definition) is 0. The van der Waals surface area contributed by atoms with E-state index in [2.05, 4.69) is 10.1 Å². The van der Waals surface area contributed by atoms with E-state index in [1.165, 1.54) is 30.6 Å². The number of pyridine rings is 1. The van der Waals surface area contributed by atoms with Crippen LogP contribution in [0.3, 0.4) is 0 Å². The van der Waals surface area contributed by atoms with Crippen molar-refractivity contribution in [3.8, 4) is 5.69 Å². The number of alkyl halides is 2. The lowest BCUT2D eigenvalue weighted by Gasteiger charge is -2.48. The Bertz CT molecular complexity index is 1540. The molecule has 6 rings (SSSR count). The van der Waals surface area contributed by atoms with Crippen LogP contribution in [0.5, 0.6) is 0 Å². The number of fused-ring (bicyclic) bond motifs is 2. The zero-order valence-electron chi connectivity index (χ0n) is 21.8. The molecule has 0 radical (unpaired) electrons. The molecule has 212 valence electrons. The van der Waals surface area contributed by atoms with Crippen LogP contribution in [0.4, 0.5) is 19.0 Å². The van der Waals surface area contributed by atoms with Gasteiger partial charge in [-0.1, -0.05) is 5.57 Å². The van der Waals surface area contributed by atoms with Gasteiger partial charge < -0.3 is 14.4 Å². The van der Waals surface area contributed by atoms with E-state index in [9.17, 15) is 12.8 Å². The molecule has 4 heterocycles. The van der Waals surface area contributed by atoms with Gasteiger partial charge in [-0.05, 0) is 60.9 Å². The van der Waals surface area contributed by atoms with E-state index in [0.29, 0.717) is 54.6 Å². The fourth-order valence-electron chi connectivity index (χ4n) is 5.74. The Morgan fingerprint density at radius 3 is 2.48 bits per heavy atom. The van der Waals surface area contributed by atoms with Crippen molar-refractivity contribution in [2.24, 2.45) is 5.41 Å². The molecular weight excluding hydrogens is 547 g/mol. The fraction of sp³-hybridized carbons (Fsp3) is 0.407. The van der Waals surface area contributed by atoms with Gasteiger partial charge in [0.2, 0.25) is 10.0 Å². The van der Waals surface area contributed by atoms with Crippen LogP contribution in [-0.4, -0.2) is 80.1 Å². The summed E-state index contributed by atoms with van der Waals surface area (Å²) < 4.78 is 84.9. The minimum absolute atomic E-state index is 0.0148. The topological polar surface area (TPSA) is 89.8 Å². The lowest BCUT2D eigenvalue weighted by Crippen LogP contribution is -2.58. The molecule has 0 N–H and O–H groups in total. The molecule has 0 spiro atoms. The highest BCUT2D eigenvalue weighted by Gasteiger charge is 2.61. The van der Waals surface area contributed by atoms with Crippen molar-refractivity contribution >= 4 is 21.9 Å². The van der Waals surface area contributed by atoms with Gasteiger partial charge >= 0.3 is 6.11 Å². The minimum atomic E-state index is -4.13. The Morgan fingerprint density at radius 1 is 1.05 bits per heavy atom. The monoisotopic (exact) mass is 575 g/mol. The van der Waals surface area contributed by atoms with E-state index in [-0.39, 0.29) is 24.3 Å². The molecule has 3 aliphatic rings. The predicted molar refractivity (Wildman–Crippen MR) is 140 cm³/mol. The highest BCUT2D eigenvalue weighted by atomic mass is 32.2. The molecule has 2 saturated heterocycles. The summed E-state index contributed by atoms with van der Waals surface area (Å²) in [4.78, 5) is 6.28. The summed E-state index contributed by atoms with van der Waals surface area (Å²) in [6.45, 7) is 1.95. The standard InChI is InChI=1S/C27H28F3N5O4S/c1-38-27(29,30)26-15-19-16-32-35(22-4-2-21(28)3-5-22)24(19)14-20(26)8-9-34(18-26)40(36,37)23-6-7-25(31-17-23)33-10-12-39-13-11-33/h2-7,14,16-17H,8-13,15,18H2,1H3/t26-/m0/s1. The van der Waals surface area contributed by atoms with E-state index in [4.69, 9.17) is 9.47 Å². The summed E-state index contributed by atoms with van der Waals surface area (Å²) in [5.74, 6) is 0.230. The highest BCUT2D eigenvalue weighted by molar-refractivity contribution is 7.89.